The lowest BCUT2D eigenvalue weighted by atomic mass is 10.1. The summed E-state index contributed by atoms with van der Waals surface area (Å²) in [5.41, 5.74) is 3.91. The van der Waals surface area contributed by atoms with Crippen LogP contribution in [0, 0.1) is 13.8 Å². The first kappa shape index (κ1) is 17.5. The average Bonchev–Trinajstić information content (AvgIpc) is 2.94. The number of benzene rings is 2. The van der Waals surface area contributed by atoms with Crippen molar-refractivity contribution in [1.29, 1.82) is 0 Å². The number of carbonyl (C=O) groups excluding carboxylic acids is 1. The first-order valence-corrected chi connectivity index (χ1v) is 9.05. The first-order valence-electron chi connectivity index (χ1n) is 7.85. The molecule has 2 N–H and O–H groups in total. The molecular formula is C19H18ClN3OS. The van der Waals surface area contributed by atoms with E-state index >= 15 is 0 Å². The number of nitrogens with zero attached hydrogens (tertiary/aromatic N) is 1. The third-order valence-electron chi connectivity index (χ3n) is 3.76. The van der Waals surface area contributed by atoms with Gasteiger partial charge in [0.05, 0.1) is 12.2 Å². The zero-order valence-electron chi connectivity index (χ0n) is 14.0. The highest BCUT2D eigenvalue weighted by Gasteiger charge is 2.12. The number of halogens is 1. The van der Waals surface area contributed by atoms with E-state index in [4.69, 9.17) is 11.6 Å². The van der Waals surface area contributed by atoms with Gasteiger partial charge in [-0.25, -0.2) is 9.78 Å². The Morgan fingerprint density at radius 3 is 2.72 bits per heavy atom. The molecule has 1 heterocycles. The fourth-order valence-electron chi connectivity index (χ4n) is 2.42. The van der Waals surface area contributed by atoms with E-state index in [1.54, 1.807) is 35.6 Å². The lowest BCUT2D eigenvalue weighted by Gasteiger charge is -2.07. The van der Waals surface area contributed by atoms with Crippen LogP contribution in [0.4, 0.5) is 10.5 Å². The predicted molar refractivity (Wildman–Crippen MR) is 104 cm³/mol. The minimum atomic E-state index is -0.271. The Kier molecular flexibility index (Phi) is 5.36. The van der Waals surface area contributed by atoms with E-state index in [0.29, 0.717) is 17.3 Å². The van der Waals surface area contributed by atoms with Crippen molar-refractivity contribution in [3.8, 4) is 10.6 Å². The van der Waals surface area contributed by atoms with E-state index in [9.17, 15) is 4.79 Å². The van der Waals surface area contributed by atoms with Gasteiger partial charge in [0, 0.05) is 21.2 Å². The van der Waals surface area contributed by atoms with Crippen molar-refractivity contribution in [2.24, 2.45) is 0 Å². The number of aromatic nitrogens is 1. The van der Waals surface area contributed by atoms with Crippen LogP contribution < -0.4 is 10.6 Å². The van der Waals surface area contributed by atoms with Crippen molar-refractivity contribution in [3.63, 3.8) is 0 Å². The molecule has 4 nitrogen and oxygen atoms in total. The third kappa shape index (κ3) is 4.38. The molecule has 2 amide bonds. The van der Waals surface area contributed by atoms with Crippen molar-refractivity contribution < 1.29 is 4.79 Å². The molecule has 6 heteroatoms. The van der Waals surface area contributed by atoms with Gasteiger partial charge >= 0.3 is 6.03 Å². The summed E-state index contributed by atoms with van der Waals surface area (Å²) in [6.07, 6.45) is 0. The summed E-state index contributed by atoms with van der Waals surface area (Å²) in [7, 11) is 0. The molecule has 0 aliphatic carbocycles. The van der Waals surface area contributed by atoms with Crippen molar-refractivity contribution in [3.05, 3.63) is 69.7 Å². The monoisotopic (exact) mass is 371 g/mol. The Bertz CT molecular complexity index is 907. The highest BCUT2D eigenvalue weighted by atomic mass is 35.5. The Labute approximate surface area is 155 Å². The van der Waals surface area contributed by atoms with Gasteiger partial charge in [-0.15, -0.1) is 11.3 Å². The van der Waals surface area contributed by atoms with Gasteiger partial charge in [-0.05, 0) is 37.6 Å². The number of carbonyl (C=O) groups is 1. The van der Waals surface area contributed by atoms with Crippen LogP contribution >= 0.6 is 22.9 Å². The SMILES string of the molecule is Cc1ccccc1-c1nc(C)c(CNC(=O)Nc2cccc(Cl)c2)s1. The van der Waals surface area contributed by atoms with Crippen LogP contribution in [0.15, 0.2) is 48.5 Å². The van der Waals surface area contributed by atoms with Crippen LogP contribution in [-0.4, -0.2) is 11.0 Å². The molecular weight excluding hydrogens is 354 g/mol. The molecule has 0 aliphatic rings. The van der Waals surface area contributed by atoms with E-state index in [-0.39, 0.29) is 6.03 Å². The van der Waals surface area contributed by atoms with E-state index in [1.165, 1.54) is 5.56 Å². The second kappa shape index (κ2) is 7.68. The maximum absolute atomic E-state index is 12.1. The number of hydrogen-bond donors (Lipinski definition) is 2. The molecule has 0 radical (unpaired) electrons. The van der Waals surface area contributed by atoms with Crippen LogP contribution in [0.3, 0.4) is 0 Å². The minimum Gasteiger partial charge on any atom is -0.333 e. The van der Waals surface area contributed by atoms with Gasteiger partial charge < -0.3 is 10.6 Å². The van der Waals surface area contributed by atoms with Gasteiger partial charge in [-0.2, -0.15) is 0 Å². The summed E-state index contributed by atoms with van der Waals surface area (Å²) in [5, 5.41) is 7.19. The Morgan fingerprint density at radius 2 is 1.96 bits per heavy atom. The number of aryl methyl sites for hydroxylation is 2. The predicted octanol–water partition coefficient (Wildman–Crippen LogP) is 5.40. The second-order valence-corrected chi connectivity index (χ2v) is 7.18. The summed E-state index contributed by atoms with van der Waals surface area (Å²) in [6, 6.07) is 14.9. The molecule has 0 aliphatic heterocycles. The molecule has 0 fully saturated rings. The molecule has 0 spiro atoms. The standard InChI is InChI=1S/C19H18ClN3OS/c1-12-6-3-4-9-16(12)18-22-13(2)17(25-18)11-21-19(24)23-15-8-5-7-14(20)10-15/h3-10H,11H2,1-2H3,(H2,21,23,24). The molecule has 0 bridgehead atoms. The van der Waals surface area contributed by atoms with Gasteiger partial charge in [-0.1, -0.05) is 41.9 Å². The molecule has 0 saturated carbocycles. The molecule has 25 heavy (non-hydrogen) atoms. The van der Waals surface area contributed by atoms with Crippen molar-refractivity contribution >= 4 is 34.7 Å². The van der Waals surface area contributed by atoms with Gasteiger partial charge in [0.2, 0.25) is 0 Å². The zero-order chi connectivity index (χ0) is 17.8. The van der Waals surface area contributed by atoms with Gasteiger partial charge in [0.15, 0.2) is 0 Å². The van der Waals surface area contributed by atoms with Crippen molar-refractivity contribution in [2.75, 3.05) is 5.32 Å². The van der Waals surface area contributed by atoms with Crippen LogP contribution in [0.25, 0.3) is 10.6 Å². The van der Waals surface area contributed by atoms with Gasteiger partial charge in [-0.3, -0.25) is 0 Å². The quantitative estimate of drug-likeness (QED) is 0.644. The third-order valence-corrected chi connectivity index (χ3v) is 5.19. The summed E-state index contributed by atoms with van der Waals surface area (Å²) in [4.78, 5) is 17.7. The minimum absolute atomic E-state index is 0.271. The number of rotatable bonds is 4. The summed E-state index contributed by atoms with van der Waals surface area (Å²) < 4.78 is 0. The molecule has 3 aromatic rings. The molecule has 128 valence electrons. The zero-order valence-corrected chi connectivity index (χ0v) is 15.5. The van der Waals surface area contributed by atoms with Crippen LogP contribution in [0.2, 0.25) is 5.02 Å². The fourth-order valence-corrected chi connectivity index (χ4v) is 3.71. The lowest BCUT2D eigenvalue weighted by Crippen LogP contribution is -2.28. The summed E-state index contributed by atoms with van der Waals surface area (Å²) in [6.45, 7) is 4.47. The smallest absolute Gasteiger partial charge is 0.319 e. The molecule has 1 aromatic heterocycles. The molecule has 3 rings (SSSR count). The summed E-state index contributed by atoms with van der Waals surface area (Å²) >= 11 is 7.52. The van der Waals surface area contributed by atoms with Crippen LogP contribution in [-0.2, 0) is 6.54 Å². The molecule has 2 aromatic carbocycles. The molecule has 0 saturated heterocycles. The Balaban J connectivity index is 1.66. The van der Waals surface area contributed by atoms with Crippen molar-refractivity contribution in [1.82, 2.24) is 10.3 Å². The maximum Gasteiger partial charge on any atom is 0.319 e. The lowest BCUT2D eigenvalue weighted by molar-refractivity contribution is 0.252. The molecule has 0 unspecified atom stereocenters. The van der Waals surface area contributed by atoms with E-state index < -0.39 is 0 Å². The van der Waals surface area contributed by atoms with E-state index in [0.717, 1.165) is 21.1 Å². The number of anilines is 1. The van der Waals surface area contributed by atoms with Crippen LogP contribution in [0.5, 0.6) is 0 Å². The number of nitrogens with one attached hydrogen (secondary N) is 2. The van der Waals surface area contributed by atoms with Crippen LogP contribution in [0.1, 0.15) is 16.1 Å². The Hall–Kier alpha value is -2.37. The maximum atomic E-state index is 12.1. The number of amides is 2. The summed E-state index contributed by atoms with van der Waals surface area (Å²) in [5.74, 6) is 0. The first-order chi connectivity index (χ1) is 12.0. The topological polar surface area (TPSA) is 54.0 Å². The van der Waals surface area contributed by atoms with Gasteiger partial charge in [0.1, 0.15) is 5.01 Å². The highest BCUT2D eigenvalue weighted by Crippen LogP contribution is 2.30. The largest absolute Gasteiger partial charge is 0.333 e. The molecule has 0 atom stereocenters. The van der Waals surface area contributed by atoms with Crippen molar-refractivity contribution in [2.45, 2.75) is 20.4 Å². The fraction of sp³-hybridized carbons (Fsp3) is 0.158. The second-order valence-electron chi connectivity index (χ2n) is 5.66. The number of urea groups is 1. The number of hydrogen-bond acceptors (Lipinski definition) is 3. The normalized spacial score (nSPS) is 10.5. The van der Waals surface area contributed by atoms with Gasteiger partial charge in [0.25, 0.3) is 0 Å². The number of thiazole rings is 1. The van der Waals surface area contributed by atoms with E-state index in [1.807, 2.05) is 19.1 Å². The average molecular weight is 372 g/mol. The van der Waals surface area contributed by atoms with E-state index in [2.05, 4.69) is 34.7 Å². The Morgan fingerprint density at radius 1 is 1.16 bits per heavy atom. The highest BCUT2D eigenvalue weighted by molar-refractivity contribution is 7.15.